The summed E-state index contributed by atoms with van der Waals surface area (Å²) in [6.45, 7) is 1.82. The maximum Gasteiger partial charge on any atom is 0.332 e. The van der Waals surface area contributed by atoms with Crippen LogP contribution in [0.25, 0.3) is 0 Å². The number of thiophene rings is 1. The van der Waals surface area contributed by atoms with Crippen molar-refractivity contribution in [2.75, 3.05) is 0 Å². The van der Waals surface area contributed by atoms with E-state index in [-0.39, 0.29) is 23.9 Å². The summed E-state index contributed by atoms with van der Waals surface area (Å²) >= 11 is 1.00. The molecule has 1 fully saturated rings. The first-order valence-corrected chi connectivity index (χ1v) is 6.84. The molecule has 3 rings (SSSR count). The van der Waals surface area contributed by atoms with Crippen LogP contribution in [0.5, 0.6) is 5.75 Å². The molecule has 8 nitrogen and oxygen atoms in total. The van der Waals surface area contributed by atoms with Gasteiger partial charge in [0, 0.05) is 11.8 Å². The highest BCUT2D eigenvalue weighted by Crippen LogP contribution is 2.44. The molecule has 0 saturated carbocycles. The van der Waals surface area contributed by atoms with E-state index in [0.29, 0.717) is 17.7 Å². The van der Waals surface area contributed by atoms with Crippen LogP contribution in [-0.2, 0) is 16.1 Å². The van der Waals surface area contributed by atoms with Gasteiger partial charge in [0.2, 0.25) is 11.8 Å². The number of rotatable bonds is 2. The zero-order chi connectivity index (χ0) is 14.5. The molecule has 1 N–H and O–H groups in total. The van der Waals surface area contributed by atoms with Crippen molar-refractivity contribution in [2.45, 2.75) is 31.8 Å². The number of nitro groups is 1. The van der Waals surface area contributed by atoms with Gasteiger partial charge in [-0.2, -0.15) is 0 Å². The predicted octanol–water partition coefficient (Wildman–Crippen LogP) is 0.961. The number of nitrogens with zero attached hydrogens (tertiary/aromatic N) is 2. The summed E-state index contributed by atoms with van der Waals surface area (Å²) in [6.07, 6.45) is 0.538. The van der Waals surface area contributed by atoms with Gasteiger partial charge < -0.3 is 4.84 Å². The van der Waals surface area contributed by atoms with Gasteiger partial charge in [-0.3, -0.25) is 25.0 Å². The Kier molecular flexibility index (Phi) is 2.76. The number of piperidine rings is 1. The van der Waals surface area contributed by atoms with Crippen molar-refractivity contribution in [3.05, 3.63) is 21.1 Å². The number of hydroxylamine groups is 2. The first kappa shape index (κ1) is 13.0. The van der Waals surface area contributed by atoms with E-state index in [2.05, 4.69) is 5.32 Å². The van der Waals surface area contributed by atoms with Gasteiger partial charge in [0.15, 0.2) is 5.75 Å². The predicted molar refractivity (Wildman–Crippen MR) is 67.9 cm³/mol. The highest BCUT2D eigenvalue weighted by molar-refractivity contribution is 7.13. The van der Waals surface area contributed by atoms with Crippen molar-refractivity contribution in [3.8, 4) is 5.75 Å². The minimum Gasteiger partial charge on any atom is -0.403 e. The Morgan fingerprint density at radius 2 is 2.30 bits per heavy atom. The fourth-order valence-corrected chi connectivity index (χ4v) is 3.13. The monoisotopic (exact) mass is 297 g/mol. The van der Waals surface area contributed by atoms with Gasteiger partial charge in [-0.15, -0.1) is 5.06 Å². The first-order chi connectivity index (χ1) is 9.41. The lowest BCUT2D eigenvalue weighted by molar-refractivity contribution is -0.380. The van der Waals surface area contributed by atoms with Crippen LogP contribution >= 0.6 is 11.3 Å². The van der Waals surface area contributed by atoms with Gasteiger partial charge in [-0.05, 0) is 13.3 Å². The molecular weight excluding hydrogens is 286 g/mol. The van der Waals surface area contributed by atoms with E-state index >= 15 is 0 Å². The topological polar surface area (TPSA) is 102 Å². The number of carbonyl (C=O) groups excluding carboxylic acids is 2. The van der Waals surface area contributed by atoms with Crippen LogP contribution in [0.1, 0.15) is 25.3 Å². The molecule has 20 heavy (non-hydrogen) atoms. The summed E-state index contributed by atoms with van der Waals surface area (Å²) in [4.78, 5) is 39.2. The molecule has 2 amide bonds. The Bertz CT molecular complexity index is 628. The summed E-state index contributed by atoms with van der Waals surface area (Å²) in [5.41, 5.74) is -0.524. The van der Waals surface area contributed by atoms with Crippen molar-refractivity contribution in [1.29, 1.82) is 0 Å². The van der Waals surface area contributed by atoms with E-state index in [1.54, 1.807) is 12.3 Å². The lowest BCUT2D eigenvalue weighted by Gasteiger charge is -2.37. The number of amides is 2. The standard InChI is InChI=1S/C11H11N3O5S/c1-11(3-2-8(15)12-10(11)16)13-4-6-7(19-13)5-20-9(6)14(17)18/h5H,2-4H2,1H3,(H,12,15,16). The summed E-state index contributed by atoms with van der Waals surface area (Å²) in [6, 6.07) is 0. The van der Waals surface area contributed by atoms with E-state index in [1.165, 1.54) is 5.06 Å². The minimum atomic E-state index is -1.00. The lowest BCUT2D eigenvalue weighted by atomic mass is 9.90. The molecule has 0 spiro atoms. The van der Waals surface area contributed by atoms with Crippen molar-refractivity contribution in [2.24, 2.45) is 0 Å². The van der Waals surface area contributed by atoms with Gasteiger partial charge in [0.05, 0.1) is 11.5 Å². The number of nitrogens with one attached hydrogen (secondary N) is 1. The highest BCUT2D eigenvalue weighted by Gasteiger charge is 2.49. The van der Waals surface area contributed by atoms with Gasteiger partial charge in [-0.1, -0.05) is 11.3 Å². The van der Waals surface area contributed by atoms with Gasteiger partial charge in [0.25, 0.3) is 0 Å². The van der Waals surface area contributed by atoms with Gasteiger partial charge >= 0.3 is 5.00 Å². The van der Waals surface area contributed by atoms with E-state index < -0.39 is 16.4 Å². The number of imide groups is 1. The molecule has 1 atom stereocenters. The molecule has 1 saturated heterocycles. The van der Waals surface area contributed by atoms with Gasteiger partial charge in [0.1, 0.15) is 11.1 Å². The third-order valence-corrected chi connectivity index (χ3v) is 4.59. The first-order valence-electron chi connectivity index (χ1n) is 5.96. The van der Waals surface area contributed by atoms with E-state index in [1.807, 2.05) is 0 Å². The molecule has 0 radical (unpaired) electrons. The third-order valence-electron chi connectivity index (χ3n) is 3.64. The molecule has 0 aromatic carbocycles. The smallest absolute Gasteiger partial charge is 0.332 e. The molecule has 0 aliphatic carbocycles. The van der Waals surface area contributed by atoms with Crippen LogP contribution in [-0.4, -0.2) is 27.3 Å². The van der Waals surface area contributed by atoms with Crippen molar-refractivity contribution in [1.82, 2.24) is 10.4 Å². The second-order valence-electron chi connectivity index (χ2n) is 4.92. The minimum absolute atomic E-state index is 0.0263. The fraction of sp³-hybridized carbons (Fsp3) is 0.455. The van der Waals surface area contributed by atoms with Crippen LogP contribution in [0.4, 0.5) is 5.00 Å². The molecule has 1 unspecified atom stereocenters. The SMILES string of the molecule is CC1(N2Cc3c(csc3[N+](=O)[O-])O2)CCC(=O)NC1=O. The second-order valence-corrected chi connectivity index (χ2v) is 5.78. The molecule has 106 valence electrons. The van der Waals surface area contributed by atoms with Crippen LogP contribution in [0, 0.1) is 10.1 Å². The van der Waals surface area contributed by atoms with E-state index in [0.717, 1.165) is 11.3 Å². The number of hydrogen-bond acceptors (Lipinski definition) is 7. The zero-order valence-electron chi connectivity index (χ0n) is 10.5. The number of hydrogen-bond donors (Lipinski definition) is 1. The largest absolute Gasteiger partial charge is 0.403 e. The normalized spacial score (nSPS) is 26.1. The molecule has 1 aromatic heterocycles. The molecule has 1 aromatic rings. The maximum absolute atomic E-state index is 12.0. The van der Waals surface area contributed by atoms with Crippen molar-refractivity contribution >= 4 is 28.2 Å². The molecule has 9 heteroatoms. The lowest BCUT2D eigenvalue weighted by Crippen LogP contribution is -2.60. The fourth-order valence-electron chi connectivity index (χ4n) is 2.33. The number of fused-ring (bicyclic) bond motifs is 1. The Morgan fingerprint density at radius 3 is 2.95 bits per heavy atom. The Balaban J connectivity index is 1.86. The average molecular weight is 297 g/mol. The zero-order valence-corrected chi connectivity index (χ0v) is 11.4. The Morgan fingerprint density at radius 1 is 1.55 bits per heavy atom. The maximum atomic E-state index is 12.0. The summed E-state index contributed by atoms with van der Waals surface area (Å²) < 4.78 is 0. The van der Waals surface area contributed by atoms with Crippen LogP contribution < -0.4 is 10.2 Å². The molecule has 2 aliphatic rings. The molecular formula is C11H11N3O5S. The van der Waals surface area contributed by atoms with E-state index in [4.69, 9.17) is 4.84 Å². The summed E-state index contributed by atoms with van der Waals surface area (Å²) in [7, 11) is 0. The quantitative estimate of drug-likeness (QED) is 0.495. The molecule has 3 heterocycles. The average Bonchev–Trinajstić information content (AvgIpc) is 2.93. The molecule has 2 aliphatic heterocycles. The van der Waals surface area contributed by atoms with Crippen molar-refractivity contribution in [3.63, 3.8) is 0 Å². The second kappa shape index (κ2) is 4.25. The Labute approximate surface area is 117 Å². The van der Waals surface area contributed by atoms with Crippen molar-refractivity contribution < 1.29 is 19.3 Å². The number of carbonyl (C=O) groups is 2. The summed E-state index contributed by atoms with van der Waals surface area (Å²) in [5, 5.41) is 16.2. The van der Waals surface area contributed by atoms with Crippen LogP contribution in [0.2, 0.25) is 0 Å². The summed E-state index contributed by atoms with van der Waals surface area (Å²) in [5.74, 6) is -0.343. The van der Waals surface area contributed by atoms with Crippen LogP contribution in [0.3, 0.4) is 0 Å². The highest BCUT2D eigenvalue weighted by atomic mass is 32.1. The van der Waals surface area contributed by atoms with Crippen LogP contribution in [0.15, 0.2) is 5.38 Å². The van der Waals surface area contributed by atoms with Gasteiger partial charge in [-0.25, -0.2) is 0 Å². The molecule has 0 bridgehead atoms. The third kappa shape index (κ3) is 1.78. The Hall–Kier alpha value is -2.00. The van der Waals surface area contributed by atoms with E-state index in [9.17, 15) is 19.7 Å².